The van der Waals surface area contributed by atoms with Crippen LogP contribution in [0.5, 0.6) is 0 Å². The summed E-state index contributed by atoms with van der Waals surface area (Å²) >= 11 is 0. The number of carbonyl (C=O) groups excluding carboxylic acids is 2. The van der Waals surface area contributed by atoms with Crippen LogP contribution in [0.3, 0.4) is 0 Å². The van der Waals surface area contributed by atoms with Gasteiger partial charge in [-0.2, -0.15) is 0 Å². The van der Waals surface area contributed by atoms with Gasteiger partial charge < -0.3 is 20.3 Å². The molecule has 0 aromatic carbocycles. The Morgan fingerprint density at radius 3 is 0.922 bits per heavy atom. The van der Waals surface area contributed by atoms with E-state index in [-0.39, 0.29) is 18.5 Å². The molecule has 0 aromatic heterocycles. The van der Waals surface area contributed by atoms with Crippen molar-refractivity contribution in [3.63, 3.8) is 0 Å². The number of esters is 1. The molecule has 458 valence electrons. The fourth-order valence-electron chi connectivity index (χ4n) is 11.4. The third-order valence-electron chi connectivity index (χ3n) is 16.8. The minimum Gasteiger partial charge on any atom is -0.466 e. The van der Waals surface area contributed by atoms with Crippen molar-refractivity contribution in [2.75, 3.05) is 13.2 Å². The van der Waals surface area contributed by atoms with E-state index in [9.17, 15) is 19.8 Å². The Hall–Kier alpha value is -1.40. The average molecular weight is 1090 g/mol. The number of allylic oxidation sites excluding steroid dienone is 2. The molecule has 3 N–H and O–H groups in total. The smallest absolute Gasteiger partial charge is 0.305 e. The van der Waals surface area contributed by atoms with E-state index < -0.39 is 12.1 Å². The first-order valence-corrected chi connectivity index (χ1v) is 35.4. The van der Waals surface area contributed by atoms with Crippen LogP contribution in [0.2, 0.25) is 0 Å². The van der Waals surface area contributed by atoms with Crippen molar-refractivity contribution in [1.29, 1.82) is 0 Å². The molecule has 0 radical (unpaired) electrons. The lowest BCUT2D eigenvalue weighted by molar-refractivity contribution is -0.143. The molecular weight excluding hydrogens is 947 g/mol. The van der Waals surface area contributed by atoms with Crippen LogP contribution in [0.15, 0.2) is 12.2 Å². The van der Waals surface area contributed by atoms with Crippen LogP contribution >= 0.6 is 0 Å². The van der Waals surface area contributed by atoms with Gasteiger partial charge in [-0.3, -0.25) is 9.59 Å². The standard InChI is InChI=1S/C71H139NO5/c1-3-5-7-9-11-13-15-40-45-49-53-57-61-65-71(76)77-66-62-58-54-50-46-42-39-37-35-33-31-29-27-25-23-21-19-17-18-20-22-24-26-28-30-32-34-36-38-41-44-48-52-56-60-64-70(75)72-68(67-73)69(74)63-59-55-51-47-43-16-14-12-10-8-6-4-2/h19,21,68-69,73-74H,3-18,20,22-67H2,1-2H3,(H,72,75)/b21-19-. The predicted molar refractivity (Wildman–Crippen MR) is 338 cm³/mol. The molecule has 1 amide bonds. The number of nitrogens with one attached hydrogen (secondary N) is 1. The monoisotopic (exact) mass is 1090 g/mol. The van der Waals surface area contributed by atoms with Crippen molar-refractivity contribution in [3.05, 3.63) is 12.2 Å². The maximum Gasteiger partial charge on any atom is 0.305 e. The van der Waals surface area contributed by atoms with Gasteiger partial charge in [-0.15, -0.1) is 0 Å². The van der Waals surface area contributed by atoms with Gasteiger partial charge in [-0.05, 0) is 51.4 Å². The summed E-state index contributed by atoms with van der Waals surface area (Å²) in [6.45, 7) is 4.98. The van der Waals surface area contributed by atoms with Crippen LogP contribution in [0.4, 0.5) is 0 Å². The second-order valence-electron chi connectivity index (χ2n) is 24.6. The third-order valence-corrected chi connectivity index (χ3v) is 16.8. The highest BCUT2D eigenvalue weighted by atomic mass is 16.5. The Labute approximate surface area is 482 Å². The van der Waals surface area contributed by atoms with Crippen molar-refractivity contribution >= 4 is 11.9 Å². The molecule has 0 rings (SSSR count). The minimum absolute atomic E-state index is 0.0225. The number of ether oxygens (including phenoxy) is 1. The molecule has 6 heteroatoms. The maximum atomic E-state index is 12.5. The molecule has 0 aliphatic rings. The quantitative estimate of drug-likeness (QED) is 0.0320. The van der Waals surface area contributed by atoms with Gasteiger partial charge in [0, 0.05) is 12.8 Å². The molecule has 0 saturated carbocycles. The van der Waals surface area contributed by atoms with Crippen LogP contribution in [0.1, 0.15) is 406 Å². The molecule has 0 saturated heterocycles. The Bertz CT molecular complexity index is 1160. The highest BCUT2D eigenvalue weighted by Crippen LogP contribution is 2.19. The number of aliphatic hydroxyl groups excluding tert-OH is 2. The van der Waals surface area contributed by atoms with Gasteiger partial charge in [0.1, 0.15) is 0 Å². The normalized spacial score (nSPS) is 12.5. The van der Waals surface area contributed by atoms with Gasteiger partial charge in [0.2, 0.25) is 5.91 Å². The highest BCUT2D eigenvalue weighted by molar-refractivity contribution is 5.76. The Kier molecular flexibility index (Phi) is 65.9. The van der Waals surface area contributed by atoms with E-state index in [1.54, 1.807) is 0 Å². The summed E-state index contributed by atoms with van der Waals surface area (Å²) in [6, 6.07) is -0.537. The van der Waals surface area contributed by atoms with E-state index >= 15 is 0 Å². The first-order chi connectivity index (χ1) is 38.0. The number of amides is 1. The van der Waals surface area contributed by atoms with Crippen molar-refractivity contribution in [3.8, 4) is 0 Å². The van der Waals surface area contributed by atoms with Crippen LogP contribution in [0.25, 0.3) is 0 Å². The topological polar surface area (TPSA) is 95.9 Å². The van der Waals surface area contributed by atoms with E-state index in [1.807, 2.05) is 0 Å². The van der Waals surface area contributed by atoms with Gasteiger partial charge in [0.15, 0.2) is 0 Å². The lowest BCUT2D eigenvalue weighted by Gasteiger charge is -2.22. The first kappa shape index (κ1) is 75.6. The fourth-order valence-corrected chi connectivity index (χ4v) is 11.4. The molecule has 0 bridgehead atoms. The van der Waals surface area contributed by atoms with Crippen LogP contribution < -0.4 is 5.32 Å². The lowest BCUT2D eigenvalue weighted by atomic mass is 10.0. The zero-order valence-electron chi connectivity index (χ0n) is 52.5. The SMILES string of the molecule is CCCCCCCCCCCCCCCC(=O)OCCCCCCCCCCCCCCCC/C=C\CCCCCCCCCCCCCCCCCCCC(=O)NC(CO)C(O)CCCCCCCCCCCCCC. The van der Waals surface area contributed by atoms with Gasteiger partial charge >= 0.3 is 5.97 Å². The zero-order valence-corrected chi connectivity index (χ0v) is 52.5. The number of unbranched alkanes of at least 4 members (excludes halogenated alkanes) is 54. The summed E-state index contributed by atoms with van der Waals surface area (Å²) in [6.07, 6.45) is 82.8. The van der Waals surface area contributed by atoms with E-state index in [0.717, 1.165) is 38.5 Å². The second-order valence-corrected chi connectivity index (χ2v) is 24.6. The largest absolute Gasteiger partial charge is 0.466 e. The van der Waals surface area contributed by atoms with Crippen LogP contribution in [-0.4, -0.2) is 47.4 Å². The minimum atomic E-state index is -0.660. The summed E-state index contributed by atoms with van der Waals surface area (Å²) in [7, 11) is 0. The van der Waals surface area contributed by atoms with E-state index in [4.69, 9.17) is 4.74 Å². The first-order valence-electron chi connectivity index (χ1n) is 35.4. The maximum absolute atomic E-state index is 12.5. The molecule has 2 atom stereocenters. The number of carbonyl (C=O) groups is 2. The predicted octanol–water partition coefficient (Wildman–Crippen LogP) is 22.8. The van der Waals surface area contributed by atoms with E-state index in [1.165, 1.54) is 334 Å². The molecule has 0 spiro atoms. The molecule has 2 unspecified atom stereocenters. The Balaban J connectivity index is 3.31. The lowest BCUT2D eigenvalue weighted by Crippen LogP contribution is -2.45. The third kappa shape index (κ3) is 63.6. The highest BCUT2D eigenvalue weighted by Gasteiger charge is 2.20. The molecule has 6 nitrogen and oxygen atoms in total. The van der Waals surface area contributed by atoms with Crippen molar-refractivity contribution in [2.24, 2.45) is 0 Å². The van der Waals surface area contributed by atoms with Gasteiger partial charge in [0.25, 0.3) is 0 Å². The van der Waals surface area contributed by atoms with E-state index in [2.05, 4.69) is 31.3 Å². The van der Waals surface area contributed by atoms with Gasteiger partial charge in [0.05, 0.1) is 25.4 Å². The Morgan fingerprint density at radius 1 is 0.351 bits per heavy atom. The number of hydrogen-bond acceptors (Lipinski definition) is 5. The summed E-state index contributed by atoms with van der Waals surface area (Å²) in [5.41, 5.74) is 0. The van der Waals surface area contributed by atoms with Crippen molar-refractivity contribution in [1.82, 2.24) is 5.32 Å². The van der Waals surface area contributed by atoms with Gasteiger partial charge in [-0.1, -0.05) is 353 Å². The van der Waals surface area contributed by atoms with Gasteiger partial charge in [-0.25, -0.2) is 0 Å². The molecule has 0 aromatic rings. The summed E-state index contributed by atoms with van der Waals surface area (Å²) in [4.78, 5) is 24.5. The number of aliphatic hydroxyl groups is 2. The zero-order chi connectivity index (χ0) is 55.7. The molecule has 0 aliphatic heterocycles. The molecular formula is C71H139NO5. The van der Waals surface area contributed by atoms with Crippen molar-refractivity contribution in [2.45, 2.75) is 418 Å². The summed E-state index contributed by atoms with van der Waals surface area (Å²) in [5, 5.41) is 23.3. The number of rotatable bonds is 67. The summed E-state index contributed by atoms with van der Waals surface area (Å²) < 4.78 is 5.49. The summed E-state index contributed by atoms with van der Waals surface area (Å²) in [5.74, 6) is -0.00698. The average Bonchev–Trinajstić information content (AvgIpc) is 3.43. The Morgan fingerprint density at radius 2 is 0.610 bits per heavy atom. The molecule has 0 aliphatic carbocycles. The number of hydrogen-bond donors (Lipinski definition) is 3. The molecule has 0 heterocycles. The second kappa shape index (κ2) is 67.1. The molecule has 0 fully saturated rings. The fraction of sp³-hybridized carbons (Fsp3) is 0.944. The van der Waals surface area contributed by atoms with Crippen molar-refractivity contribution < 1.29 is 24.5 Å². The van der Waals surface area contributed by atoms with Crippen LogP contribution in [0, 0.1) is 0 Å². The molecule has 77 heavy (non-hydrogen) atoms. The van der Waals surface area contributed by atoms with E-state index in [0.29, 0.717) is 25.9 Å². The van der Waals surface area contributed by atoms with Crippen LogP contribution in [-0.2, 0) is 14.3 Å².